The summed E-state index contributed by atoms with van der Waals surface area (Å²) in [7, 11) is 0. The Morgan fingerprint density at radius 2 is 1.70 bits per heavy atom. The number of benzene rings is 3. The standard InChI is InChI=1S/C26H19ClFN3O2/c27-22-13-20(28)11-10-18(22)15-30-16-19(21-8-4-5-9-24(21)30)12-23-25(32)31(26(33)29-23)14-17-6-2-1-3-7-17/h1-13,16H,14-15H2,(H,29,33)/b23-12+. The molecule has 5 nitrogen and oxygen atoms in total. The van der Waals surface area contributed by atoms with Crippen molar-refractivity contribution in [2.24, 2.45) is 0 Å². The zero-order valence-corrected chi connectivity index (χ0v) is 18.2. The van der Waals surface area contributed by atoms with E-state index in [9.17, 15) is 14.0 Å². The second kappa shape index (κ2) is 8.56. The van der Waals surface area contributed by atoms with Crippen LogP contribution in [0, 0.1) is 5.82 Å². The summed E-state index contributed by atoms with van der Waals surface area (Å²) >= 11 is 6.23. The predicted octanol–water partition coefficient (Wildman–Crippen LogP) is 5.58. The summed E-state index contributed by atoms with van der Waals surface area (Å²) in [5, 5.41) is 3.96. The van der Waals surface area contributed by atoms with Crippen molar-refractivity contribution in [3.63, 3.8) is 0 Å². The number of amides is 3. The summed E-state index contributed by atoms with van der Waals surface area (Å²) < 4.78 is 15.4. The van der Waals surface area contributed by atoms with Gasteiger partial charge in [0.25, 0.3) is 5.91 Å². The van der Waals surface area contributed by atoms with Gasteiger partial charge in [-0.1, -0.05) is 66.2 Å². The Balaban J connectivity index is 1.48. The fourth-order valence-corrected chi connectivity index (χ4v) is 4.22. The molecule has 7 heteroatoms. The Morgan fingerprint density at radius 1 is 0.939 bits per heavy atom. The molecule has 1 saturated heterocycles. The van der Waals surface area contributed by atoms with Gasteiger partial charge in [-0.3, -0.25) is 9.69 Å². The number of halogens is 2. The summed E-state index contributed by atoms with van der Waals surface area (Å²) in [6.07, 6.45) is 3.59. The van der Waals surface area contributed by atoms with Crippen LogP contribution in [-0.4, -0.2) is 21.4 Å². The van der Waals surface area contributed by atoms with Crippen molar-refractivity contribution in [3.05, 3.63) is 112 Å². The van der Waals surface area contributed by atoms with Gasteiger partial charge in [0, 0.05) is 34.2 Å². The average molecular weight is 460 g/mol. The molecule has 3 aromatic carbocycles. The molecule has 0 unspecified atom stereocenters. The summed E-state index contributed by atoms with van der Waals surface area (Å²) in [6, 6.07) is 21.0. The van der Waals surface area contributed by atoms with Crippen molar-refractivity contribution >= 4 is 40.5 Å². The SMILES string of the molecule is O=C1N/C(=C/c2cn(Cc3ccc(F)cc3Cl)c3ccccc23)C(=O)N1Cc1ccccc1. The van der Waals surface area contributed by atoms with E-state index in [2.05, 4.69) is 5.32 Å². The van der Waals surface area contributed by atoms with Gasteiger partial charge < -0.3 is 9.88 Å². The van der Waals surface area contributed by atoms with E-state index in [0.29, 0.717) is 11.6 Å². The third kappa shape index (κ3) is 4.13. The molecule has 0 aliphatic carbocycles. The van der Waals surface area contributed by atoms with Gasteiger partial charge in [-0.2, -0.15) is 0 Å². The lowest BCUT2D eigenvalue weighted by molar-refractivity contribution is -0.123. The van der Waals surface area contributed by atoms with Gasteiger partial charge in [-0.25, -0.2) is 9.18 Å². The van der Waals surface area contributed by atoms with Crippen LogP contribution in [0.5, 0.6) is 0 Å². The van der Waals surface area contributed by atoms with Crippen molar-refractivity contribution in [3.8, 4) is 0 Å². The van der Waals surface area contributed by atoms with E-state index < -0.39 is 6.03 Å². The normalized spacial score (nSPS) is 15.0. The van der Waals surface area contributed by atoms with Crippen LogP contribution >= 0.6 is 11.6 Å². The first-order valence-electron chi connectivity index (χ1n) is 10.4. The number of para-hydroxylation sites is 1. The summed E-state index contributed by atoms with van der Waals surface area (Å²) in [6.45, 7) is 0.636. The molecule has 1 N–H and O–H groups in total. The molecule has 164 valence electrons. The number of urea groups is 1. The molecule has 5 rings (SSSR count). The summed E-state index contributed by atoms with van der Waals surface area (Å²) in [5.41, 5.74) is 3.59. The van der Waals surface area contributed by atoms with Crippen LogP contribution in [0.15, 0.2) is 84.7 Å². The second-order valence-corrected chi connectivity index (χ2v) is 8.24. The molecule has 0 bridgehead atoms. The molecule has 1 fully saturated rings. The van der Waals surface area contributed by atoms with Crippen molar-refractivity contribution in [2.45, 2.75) is 13.1 Å². The largest absolute Gasteiger partial charge is 0.342 e. The lowest BCUT2D eigenvalue weighted by atomic mass is 10.1. The first-order valence-corrected chi connectivity index (χ1v) is 10.8. The molecule has 4 aromatic rings. The van der Waals surface area contributed by atoms with E-state index in [1.807, 2.05) is 65.4 Å². The number of fused-ring (bicyclic) bond motifs is 1. The number of aromatic nitrogens is 1. The van der Waals surface area contributed by atoms with Crippen LogP contribution in [0.3, 0.4) is 0 Å². The molecule has 33 heavy (non-hydrogen) atoms. The Morgan fingerprint density at radius 3 is 2.48 bits per heavy atom. The van der Waals surface area contributed by atoms with Crippen LogP contribution in [0.25, 0.3) is 17.0 Å². The Labute approximate surface area is 194 Å². The smallest absolute Gasteiger partial charge is 0.329 e. The van der Waals surface area contributed by atoms with E-state index in [-0.39, 0.29) is 24.0 Å². The minimum Gasteiger partial charge on any atom is -0.342 e. The molecular formula is C26H19ClFN3O2. The maximum Gasteiger partial charge on any atom is 0.329 e. The van der Waals surface area contributed by atoms with Crippen molar-refractivity contribution in [1.29, 1.82) is 0 Å². The lowest BCUT2D eigenvalue weighted by Crippen LogP contribution is -2.30. The molecule has 3 amide bonds. The second-order valence-electron chi connectivity index (χ2n) is 7.83. The average Bonchev–Trinajstić information content (AvgIpc) is 3.28. The minimum atomic E-state index is -0.447. The van der Waals surface area contributed by atoms with Gasteiger partial charge >= 0.3 is 6.03 Å². The number of hydrogen-bond acceptors (Lipinski definition) is 2. The van der Waals surface area contributed by atoms with Crippen LogP contribution in [0.1, 0.15) is 16.7 Å². The molecular weight excluding hydrogens is 441 g/mol. The van der Waals surface area contributed by atoms with Gasteiger partial charge in [-0.15, -0.1) is 0 Å². The Kier molecular flexibility index (Phi) is 5.44. The number of carbonyl (C=O) groups excluding carboxylic acids is 2. The van der Waals surface area contributed by atoms with Crippen LogP contribution < -0.4 is 5.32 Å². The predicted molar refractivity (Wildman–Crippen MR) is 126 cm³/mol. The molecule has 0 spiro atoms. The number of rotatable bonds is 5. The monoisotopic (exact) mass is 459 g/mol. The number of carbonyl (C=O) groups is 2. The van der Waals surface area contributed by atoms with Crippen molar-refractivity contribution in [1.82, 2.24) is 14.8 Å². The van der Waals surface area contributed by atoms with Gasteiger partial charge in [0.1, 0.15) is 11.5 Å². The highest BCUT2D eigenvalue weighted by Gasteiger charge is 2.33. The molecule has 2 heterocycles. The van der Waals surface area contributed by atoms with Crippen molar-refractivity contribution in [2.75, 3.05) is 0 Å². The fourth-order valence-electron chi connectivity index (χ4n) is 3.99. The van der Waals surface area contributed by atoms with E-state index in [1.165, 1.54) is 17.0 Å². The Bertz CT molecular complexity index is 1410. The Hall–Kier alpha value is -3.90. The maximum absolute atomic E-state index is 13.4. The maximum atomic E-state index is 13.4. The zero-order valence-electron chi connectivity index (χ0n) is 17.5. The van der Waals surface area contributed by atoms with E-state index in [4.69, 9.17) is 11.6 Å². The summed E-state index contributed by atoms with van der Waals surface area (Å²) in [5.74, 6) is -0.760. The lowest BCUT2D eigenvalue weighted by Gasteiger charge is -2.11. The fraction of sp³-hybridized carbons (Fsp3) is 0.0769. The van der Waals surface area contributed by atoms with Gasteiger partial charge in [0.15, 0.2) is 0 Å². The van der Waals surface area contributed by atoms with Crippen molar-refractivity contribution < 1.29 is 14.0 Å². The van der Waals surface area contributed by atoms with Gasteiger partial charge in [-0.05, 0) is 35.4 Å². The third-order valence-electron chi connectivity index (χ3n) is 5.62. The topological polar surface area (TPSA) is 54.3 Å². The summed E-state index contributed by atoms with van der Waals surface area (Å²) in [4.78, 5) is 26.6. The van der Waals surface area contributed by atoms with E-state index in [0.717, 1.165) is 27.6 Å². The molecule has 1 aromatic heterocycles. The quantitative estimate of drug-likeness (QED) is 0.313. The minimum absolute atomic E-state index is 0.202. The van der Waals surface area contributed by atoms with Gasteiger partial charge in [0.05, 0.1) is 6.54 Å². The highest BCUT2D eigenvalue weighted by Crippen LogP contribution is 2.27. The first kappa shape index (κ1) is 21.0. The van der Waals surface area contributed by atoms with E-state index in [1.54, 1.807) is 12.1 Å². The zero-order chi connectivity index (χ0) is 22.9. The number of imide groups is 1. The number of nitrogens with zero attached hydrogens (tertiary/aromatic N) is 2. The molecule has 1 aliphatic rings. The van der Waals surface area contributed by atoms with Gasteiger partial charge in [0.2, 0.25) is 0 Å². The van der Waals surface area contributed by atoms with Crippen LogP contribution in [0.2, 0.25) is 5.02 Å². The number of hydrogen-bond donors (Lipinski definition) is 1. The highest BCUT2D eigenvalue weighted by molar-refractivity contribution is 6.31. The highest BCUT2D eigenvalue weighted by atomic mass is 35.5. The number of nitrogens with one attached hydrogen (secondary N) is 1. The molecule has 0 atom stereocenters. The molecule has 0 radical (unpaired) electrons. The van der Waals surface area contributed by atoms with Crippen LogP contribution in [-0.2, 0) is 17.9 Å². The van der Waals surface area contributed by atoms with Crippen LogP contribution in [0.4, 0.5) is 9.18 Å². The first-order chi connectivity index (χ1) is 16.0. The molecule has 0 saturated carbocycles. The molecule has 1 aliphatic heterocycles. The van der Waals surface area contributed by atoms with E-state index >= 15 is 0 Å². The third-order valence-corrected chi connectivity index (χ3v) is 5.97.